The Labute approximate surface area is 178 Å². The van der Waals surface area contributed by atoms with Crippen molar-refractivity contribution in [2.75, 3.05) is 31.9 Å². The number of carbonyl (C=O) groups is 1. The first-order valence-electron chi connectivity index (χ1n) is 10.9. The van der Waals surface area contributed by atoms with Gasteiger partial charge in [0.15, 0.2) is 9.84 Å². The van der Waals surface area contributed by atoms with E-state index in [1.165, 1.54) is 5.56 Å². The van der Waals surface area contributed by atoms with Crippen molar-refractivity contribution in [3.63, 3.8) is 0 Å². The number of nitrogens with zero attached hydrogens (tertiary/aromatic N) is 1. The Bertz CT molecular complexity index is 1050. The summed E-state index contributed by atoms with van der Waals surface area (Å²) in [6.07, 6.45) is 2.47. The highest BCUT2D eigenvalue weighted by atomic mass is 32.2. The van der Waals surface area contributed by atoms with Crippen LogP contribution in [0.1, 0.15) is 36.3 Å². The lowest BCUT2D eigenvalue weighted by Crippen LogP contribution is -2.50. The summed E-state index contributed by atoms with van der Waals surface area (Å²) in [5, 5.41) is 3.41. The molecule has 30 heavy (non-hydrogen) atoms. The fourth-order valence-corrected chi connectivity index (χ4v) is 7.46. The number of likely N-dealkylation sites (tertiary alicyclic amines) is 1. The maximum atomic E-state index is 13.6. The number of rotatable bonds is 2. The van der Waals surface area contributed by atoms with Crippen LogP contribution in [0.3, 0.4) is 0 Å². The van der Waals surface area contributed by atoms with Gasteiger partial charge in [-0.1, -0.05) is 48.5 Å². The predicted octanol–water partition coefficient (Wildman–Crippen LogP) is 2.73. The summed E-state index contributed by atoms with van der Waals surface area (Å²) in [4.78, 5) is 16.1. The van der Waals surface area contributed by atoms with Crippen molar-refractivity contribution in [3.8, 4) is 0 Å². The molecule has 3 aliphatic rings. The molecular weight excluding hydrogens is 396 g/mol. The number of amides is 1. The summed E-state index contributed by atoms with van der Waals surface area (Å²) in [5.74, 6) is 0.598. The summed E-state index contributed by atoms with van der Waals surface area (Å²) in [7, 11) is -3.27. The average molecular weight is 425 g/mol. The van der Waals surface area contributed by atoms with Gasteiger partial charge in [-0.2, -0.15) is 0 Å². The first kappa shape index (κ1) is 19.8. The first-order chi connectivity index (χ1) is 14.5. The van der Waals surface area contributed by atoms with Gasteiger partial charge < -0.3 is 10.2 Å². The molecule has 2 aromatic carbocycles. The molecule has 2 aromatic rings. The van der Waals surface area contributed by atoms with E-state index in [-0.39, 0.29) is 17.6 Å². The molecule has 2 atom stereocenters. The molecule has 2 saturated heterocycles. The molecule has 2 unspecified atom stereocenters. The molecule has 1 amide bonds. The molecule has 5 nitrogen and oxygen atoms in total. The van der Waals surface area contributed by atoms with Gasteiger partial charge in [0.05, 0.1) is 16.6 Å². The molecule has 5 rings (SSSR count). The molecule has 1 N–H and O–H groups in total. The lowest BCUT2D eigenvalue weighted by Gasteiger charge is -2.42. The van der Waals surface area contributed by atoms with E-state index in [2.05, 4.69) is 29.6 Å². The van der Waals surface area contributed by atoms with E-state index < -0.39 is 15.3 Å². The van der Waals surface area contributed by atoms with Gasteiger partial charge in [-0.05, 0) is 42.4 Å². The number of nitrogens with one attached hydrogen (secondary N) is 1. The van der Waals surface area contributed by atoms with Gasteiger partial charge >= 0.3 is 0 Å². The molecule has 3 heterocycles. The molecule has 0 aliphatic carbocycles. The van der Waals surface area contributed by atoms with E-state index in [1.807, 2.05) is 23.1 Å². The zero-order chi connectivity index (χ0) is 20.8. The molecule has 0 radical (unpaired) electrons. The van der Waals surface area contributed by atoms with Crippen molar-refractivity contribution in [3.05, 3.63) is 65.7 Å². The summed E-state index contributed by atoms with van der Waals surface area (Å²) < 4.78 is 25.3. The lowest BCUT2D eigenvalue weighted by molar-refractivity contribution is -0.138. The SMILES string of the molecule is O=C(C1CNCC12CCS(=O)(=O)c1ccccc12)N1CCC(c2ccccc2)CC1. The largest absolute Gasteiger partial charge is 0.342 e. The fraction of sp³-hybridized carbons (Fsp3) is 0.458. The zero-order valence-corrected chi connectivity index (χ0v) is 17.9. The Morgan fingerprint density at radius 3 is 2.47 bits per heavy atom. The van der Waals surface area contributed by atoms with Crippen molar-refractivity contribution in [2.45, 2.75) is 35.5 Å². The summed E-state index contributed by atoms with van der Waals surface area (Å²) in [6.45, 7) is 2.82. The van der Waals surface area contributed by atoms with Gasteiger partial charge in [-0.25, -0.2) is 8.42 Å². The van der Waals surface area contributed by atoms with Crippen LogP contribution in [0.2, 0.25) is 0 Å². The number of benzene rings is 2. The molecule has 2 fully saturated rings. The van der Waals surface area contributed by atoms with E-state index in [4.69, 9.17) is 0 Å². The standard InChI is InChI=1S/C24H28N2O3S/c27-23(26-13-10-19(11-14-26)18-6-2-1-3-7-18)21-16-25-17-24(21)12-15-30(28,29)22-9-5-4-8-20(22)24/h1-9,19,21,25H,10-17H2. The van der Waals surface area contributed by atoms with Crippen LogP contribution in [0, 0.1) is 5.92 Å². The fourth-order valence-electron chi connectivity index (χ4n) is 5.72. The van der Waals surface area contributed by atoms with Gasteiger partial charge in [-0.3, -0.25) is 4.79 Å². The van der Waals surface area contributed by atoms with Crippen LogP contribution in [-0.4, -0.2) is 51.2 Å². The van der Waals surface area contributed by atoms with Gasteiger partial charge in [0.1, 0.15) is 0 Å². The van der Waals surface area contributed by atoms with Crippen LogP contribution in [0.4, 0.5) is 0 Å². The number of hydrogen-bond donors (Lipinski definition) is 1. The van der Waals surface area contributed by atoms with Gasteiger partial charge in [0.2, 0.25) is 5.91 Å². The van der Waals surface area contributed by atoms with Gasteiger partial charge in [0.25, 0.3) is 0 Å². The van der Waals surface area contributed by atoms with Crippen molar-refractivity contribution < 1.29 is 13.2 Å². The number of piperidine rings is 1. The molecule has 0 aromatic heterocycles. The van der Waals surface area contributed by atoms with Crippen molar-refractivity contribution in [2.24, 2.45) is 5.92 Å². The second-order valence-electron chi connectivity index (χ2n) is 8.91. The van der Waals surface area contributed by atoms with Gasteiger partial charge in [0, 0.05) is 31.6 Å². The van der Waals surface area contributed by atoms with Crippen molar-refractivity contribution in [1.29, 1.82) is 0 Å². The van der Waals surface area contributed by atoms with E-state index in [0.717, 1.165) is 31.5 Å². The predicted molar refractivity (Wildman–Crippen MR) is 116 cm³/mol. The minimum atomic E-state index is -3.27. The van der Waals surface area contributed by atoms with E-state index in [0.29, 0.717) is 30.3 Å². The number of carbonyl (C=O) groups excluding carboxylic acids is 1. The molecule has 0 saturated carbocycles. The van der Waals surface area contributed by atoms with Crippen molar-refractivity contribution >= 4 is 15.7 Å². The third-order valence-corrected chi connectivity index (χ3v) is 9.17. The highest BCUT2D eigenvalue weighted by Crippen LogP contribution is 2.46. The first-order valence-corrected chi connectivity index (χ1v) is 12.5. The van der Waals surface area contributed by atoms with E-state index >= 15 is 0 Å². The highest BCUT2D eigenvalue weighted by molar-refractivity contribution is 7.91. The smallest absolute Gasteiger partial charge is 0.227 e. The minimum Gasteiger partial charge on any atom is -0.342 e. The highest BCUT2D eigenvalue weighted by Gasteiger charge is 2.53. The normalized spacial score (nSPS) is 28.4. The second kappa shape index (κ2) is 7.50. The van der Waals surface area contributed by atoms with E-state index in [9.17, 15) is 13.2 Å². The Kier molecular flexibility index (Phi) is 4.94. The number of fused-ring (bicyclic) bond motifs is 2. The Hall–Kier alpha value is -2.18. The van der Waals surface area contributed by atoms with Crippen LogP contribution in [0.5, 0.6) is 0 Å². The lowest BCUT2D eigenvalue weighted by atomic mass is 9.69. The summed E-state index contributed by atoms with van der Waals surface area (Å²) in [6, 6.07) is 17.9. The molecular formula is C24H28N2O3S. The number of hydrogen-bond acceptors (Lipinski definition) is 4. The average Bonchev–Trinajstić information content (AvgIpc) is 3.22. The van der Waals surface area contributed by atoms with Crippen LogP contribution >= 0.6 is 0 Å². The topological polar surface area (TPSA) is 66.5 Å². The van der Waals surface area contributed by atoms with Crippen LogP contribution in [-0.2, 0) is 20.0 Å². The molecule has 0 bridgehead atoms. The van der Waals surface area contributed by atoms with Crippen LogP contribution in [0.25, 0.3) is 0 Å². The quantitative estimate of drug-likeness (QED) is 0.805. The van der Waals surface area contributed by atoms with Crippen LogP contribution < -0.4 is 5.32 Å². The minimum absolute atomic E-state index is 0.117. The van der Waals surface area contributed by atoms with E-state index in [1.54, 1.807) is 12.1 Å². The maximum Gasteiger partial charge on any atom is 0.227 e. The summed E-state index contributed by atoms with van der Waals surface area (Å²) in [5.41, 5.74) is 1.77. The third-order valence-electron chi connectivity index (χ3n) is 7.41. The molecule has 6 heteroatoms. The Morgan fingerprint density at radius 2 is 1.70 bits per heavy atom. The van der Waals surface area contributed by atoms with Crippen molar-refractivity contribution in [1.82, 2.24) is 10.2 Å². The molecule has 1 spiro atoms. The van der Waals surface area contributed by atoms with Gasteiger partial charge in [-0.15, -0.1) is 0 Å². The summed E-state index contributed by atoms with van der Waals surface area (Å²) >= 11 is 0. The number of sulfone groups is 1. The third kappa shape index (κ3) is 3.17. The molecule has 158 valence electrons. The monoisotopic (exact) mass is 424 g/mol. The van der Waals surface area contributed by atoms with Crippen LogP contribution in [0.15, 0.2) is 59.5 Å². The molecule has 3 aliphatic heterocycles. The maximum absolute atomic E-state index is 13.6. The zero-order valence-electron chi connectivity index (χ0n) is 17.1. The Balaban J connectivity index is 1.38. The second-order valence-corrected chi connectivity index (χ2v) is 11.0. The Morgan fingerprint density at radius 1 is 1.00 bits per heavy atom.